The van der Waals surface area contributed by atoms with Gasteiger partial charge in [-0.15, -0.1) is 0 Å². The molecule has 0 heterocycles. The Hall–Kier alpha value is -2.33. The van der Waals surface area contributed by atoms with Gasteiger partial charge in [-0.25, -0.2) is 9.59 Å². The fraction of sp³-hybridized carbons (Fsp3) is 0. The van der Waals surface area contributed by atoms with Crippen LogP contribution in [0.5, 0.6) is 0 Å². The van der Waals surface area contributed by atoms with Gasteiger partial charge in [-0.05, 0) is 11.1 Å². The van der Waals surface area contributed by atoms with Gasteiger partial charge < -0.3 is 10.2 Å². The quantitative estimate of drug-likeness (QED) is 0.833. The molecule has 2 N–H and O–H groups in total. The number of aliphatic carboxylic acids is 2. The Labute approximate surface area is 117 Å². The lowest BCUT2D eigenvalue weighted by Gasteiger charge is -1.85. The normalized spacial score (nSPS) is 8.26. The highest BCUT2D eigenvalue weighted by Crippen LogP contribution is 1.97. The van der Waals surface area contributed by atoms with E-state index in [4.69, 9.17) is 21.8 Å². The lowest BCUT2D eigenvalue weighted by atomic mass is 10.2. The summed E-state index contributed by atoms with van der Waals surface area (Å²) in [6, 6.07) is 10.0. The molecule has 1 aromatic rings. The summed E-state index contributed by atoms with van der Waals surface area (Å²) in [5.74, 6) is -2.51. The van der Waals surface area contributed by atoms with Crippen LogP contribution in [-0.2, 0) is 9.59 Å². The minimum absolute atomic E-state index is 0.558. The number of rotatable bonds is 3. The van der Waals surface area contributed by atoms with Crippen molar-refractivity contribution in [3.8, 4) is 0 Å². The van der Waals surface area contributed by atoms with Crippen molar-refractivity contribution in [2.75, 3.05) is 0 Å². The number of benzene rings is 1. The lowest BCUT2D eigenvalue weighted by molar-refractivity contribution is -0.134. The van der Waals surface area contributed by atoms with Crippen molar-refractivity contribution in [1.29, 1.82) is 0 Å². The highest BCUT2D eigenvalue weighted by molar-refractivity contribution is 6.25. The largest absolute Gasteiger partial charge is 0.478 e. The fourth-order valence-electron chi connectivity index (χ4n) is 0.732. The molecule has 0 atom stereocenters. The molecule has 0 bridgehead atoms. The molecule has 0 aromatic heterocycles. The van der Waals surface area contributed by atoms with Gasteiger partial charge in [0, 0.05) is 12.2 Å². The van der Waals surface area contributed by atoms with Gasteiger partial charge in [-0.3, -0.25) is 0 Å². The summed E-state index contributed by atoms with van der Waals surface area (Å²) in [4.78, 5) is 19.1. The molecule has 0 aliphatic heterocycles. The van der Waals surface area contributed by atoms with Crippen molar-refractivity contribution in [3.05, 3.63) is 66.7 Å². The lowest BCUT2D eigenvalue weighted by Crippen LogP contribution is -1.91. The molecule has 0 spiro atoms. The third kappa shape index (κ3) is 18.2. The first-order chi connectivity index (χ1) is 8.97. The van der Waals surface area contributed by atoms with E-state index in [2.05, 4.69) is 13.2 Å². The molecule has 19 heavy (non-hydrogen) atoms. The van der Waals surface area contributed by atoms with Crippen molar-refractivity contribution < 1.29 is 19.8 Å². The third-order valence-electron chi connectivity index (χ3n) is 1.40. The molecule has 5 heteroatoms. The first kappa shape index (κ1) is 19.0. The van der Waals surface area contributed by atoms with E-state index >= 15 is 0 Å². The van der Waals surface area contributed by atoms with Crippen LogP contribution in [-0.4, -0.2) is 22.2 Å². The van der Waals surface area contributed by atoms with Gasteiger partial charge in [-0.2, -0.15) is 0 Å². The maximum absolute atomic E-state index is 9.55. The molecule has 0 aliphatic rings. The molecule has 1 aromatic carbocycles. The van der Waals surface area contributed by atoms with Gasteiger partial charge >= 0.3 is 11.9 Å². The molecule has 102 valence electrons. The van der Waals surface area contributed by atoms with Crippen LogP contribution in [0.2, 0.25) is 0 Å². The van der Waals surface area contributed by atoms with Gasteiger partial charge in [0.05, 0.1) is 0 Å². The summed E-state index contributed by atoms with van der Waals surface area (Å²) in [5, 5.41) is 15.6. The van der Waals surface area contributed by atoms with E-state index in [1.807, 2.05) is 36.4 Å². The van der Waals surface area contributed by atoms with Crippen LogP contribution in [0.1, 0.15) is 5.56 Å². The summed E-state index contributed by atoms with van der Waals surface area (Å²) in [6.45, 7) is 6.76. The number of carboxylic acid groups (broad SMARTS) is 2. The number of carbonyl (C=O) groups is 2. The minimum Gasteiger partial charge on any atom is -0.478 e. The van der Waals surface area contributed by atoms with Crippen molar-refractivity contribution in [3.63, 3.8) is 0 Å². The van der Waals surface area contributed by atoms with E-state index < -0.39 is 11.9 Å². The molecule has 0 amide bonds. The van der Waals surface area contributed by atoms with E-state index in [9.17, 15) is 9.59 Å². The first-order valence-electron chi connectivity index (χ1n) is 5.00. The molecule has 0 fully saturated rings. The van der Waals surface area contributed by atoms with Crippen molar-refractivity contribution >= 4 is 29.6 Å². The Morgan fingerprint density at radius 1 is 1.00 bits per heavy atom. The second-order valence-corrected chi connectivity index (χ2v) is 3.09. The molecule has 4 nitrogen and oxygen atoms in total. The van der Waals surface area contributed by atoms with Crippen molar-refractivity contribution in [2.45, 2.75) is 0 Å². The predicted octanol–water partition coefficient (Wildman–Crippen LogP) is 3.41. The maximum Gasteiger partial charge on any atom is 0.328 e. The zero-order chi connectivity index (χ0) is 15.1. The zero-order valence-corrected chi connectivity index (χ0v) is 11.0. The third-order valence-corrected chi connectivity index (χ3v) is 1.40. The smallest absolute Gasteiger partial charge is 0.328 e. The molecule has 0 saturated carbocycles. The SMILES string of the molecule is C=CCl.C=Cc1ccccc1.O=C(O)/C=C\C(=O)O. The van der Waals surface area contributed by atoms with Crippen molar-refractivity contribution in [2.24, 2.45) is 0 Å². The van der Waals surface area contributed by atoms with Gasteiger partial charge in [-0.1, -0.05) is 61.2 Å². The summed E-state index contributed by atoms with van der Waals surface area (Å²) in [5.41, 5.74) is 2.40. The Kier molecular flexibility index (Phi) is 13.7. The van der Waals surface area contributed by atoms with E-state index in [-0.39, 0.29) is 0 Å². The van der Waals surface area contributed by atoms with Gasteiger partial charge in [0.15, 0.2) is 0 Å². The first-order valence-corrected chi connectivity index (χ1v) is 5.44. The molecule has 1 rings (SSSR count). The Balaban J connectivity index is 0. The highest BCUT2D eigenvalue weighted by atomic mass is 35.5. The standard InChI is InChI=1S/C8H8.C4H4O4.C2H3Cl/c1-2-8-6-4-3-5-7-8;5-3(6)1-2-4(7)8;1-2-3/h2-7H,1H2;1-2H,(H,5,6)(H,7,8);2H,1H2/b;2-1-;. The second kappa shape index (κ2) is 13.7. The highest BCUT2D eigenvalue weighted by Gasteiger charge is 1.88. The molecule has 0 unspecified atom stereocenters. The van der Waals surface area contributed by atoms with Crippen LogP contribution < -0.4 is 0 Å². The Morgan fingerprint density at radius 3 is 1.58 bits per heavy atom. The average Bonchev–Trinajstić information content (AvgIpc) is 2.39. The Morgan fingerprint density at radius 2 is 1.37 bits per heavy atom. The van der Waals surface area contributed by atoms with Gasteiger partial charge in [0.2, 0.25) is 0 Å². The summed E-state index contributed by atoms with van der Waals surface area (Å²) in [7, 11) is 0. The zero-order valence-electron chi connectivity index (χ0n) is 10.2. The van der Waals surface area contributed by atoms with Gasteiger partial charge in [0.25, 0.3) is 0 Å². The van der Waals surface area contributed by atoms with Crippen LogP contribution in [0.4, 0.5) is 0 Å². The molecule has 0 saturated heterocycles. The summed E-state index contributed by atoms with van der Waals surface area (Å²) >= 11 is 4.76. The number of halogens is 1. The maximum atomic E-state index is 9.55. The monoisotopic (exact) mass is 282 g/mol. The minimum atomic E-state index is -1.26. The fourth-order valence-corrected chi connectivity index (χ4v) is 0.732. The van der Waals surface area contributed by atoms with Crippen LogP contribution in [0, 0.1) is 0 Å². The van der Waals surface area contributed by atoms with E-state index in [0.717, 1.165) is 0 Å². The van der Waals surface area contributed by atoms with Crippen LogP contribution >= 0.6 is 11.6 Å². The summed E-state index contributed by atoms with van der Waals surface area (Å²) < 4.78 is 0. The molecule has 0 radical (unpaired) electrons. The topological polar surface area (TPSA) is 74.6 Å². The Bertz CT molecular complexity index is 408. The van der Waals surface area contributed by atoms with Gasteiger partial charge in [0.1, 0.15) is 0 Å². The molecule has 0 aliphatic carbocycles. The number of hydrogen-bond donors (Lipinski definition) is 2. The van der Waals surface area contributed by atoms with E-state index in [1.54, 1.807) is 0 Å². The predicted molar refractivity (Wildman–Crippen MR) is 77.0 cm³/mol. The summed E-state index contributed by atoms with van der Waals surface area (Å²) in [6.07, 6.45) is 2.95. The van der Waals surface area contributed by atoms with E-state index in [1.165, 1.54) is 11.1 Å². The number of hydrogen-bond acceptors (Lipinski definition) is 2. The van der Waals surface area contributed by atoms with Crippen LogP contribution in [0.25, 0.3) is 6.08 Å². The van der Waals surface area contributed by atoms with Crippen LogP contribution in [0.15, 0.2) is 61.2 Å². The van der Waals surface area contributed by atoms with Crippen molar-refractivity contribution in [1.82, 2.24) is 0 Å². The molecular weight excluding hydrogens is 268 g/mol. The second-order valence-electron chi connectivity index (χ2n) is 2.78. The van der Waals surface area contributed by atoms with E-state index in [0.29, 0.717) is 12.2 Å². The molecular formula is C14H15ClO4. The van der Waals surface area contributed by atoms with Crippen LogP contribution in [0.3, 0.4) is 0 Å². The number of carboxylic acids is 2. The average molecular weight is 283 g/mol.